The molecule has 1 aliphatic heterocycles. The Morgan fingerprint density at radius 1 is 1.03 bits per heavy atom. The van der Waals surface area contributed by atoms with Crippen LogP contribution in [0.1, 0.15) is 12.5 Å². The van der Waals surface area contributed by atoms with Crippen LogP contribution in [0.5, 0.6) is 11.5 Å². The van der Waals surface area contributed by atoms with Gasteiger partial charge in [-0.25, -0.2) is 23.1 Å². The van der Waals surface area contributed by atoms with Crippen molar-refractivity contribution in [3.05, 3.63) is 67.1 Å². The molecule has 0 aliphatic carbocycles. The van der Waals surface area contributed by atoms with Gasteiger partial charge in [0.25, 0.3) is 0 Å². The van der Waals surface area contributed by atoms with E-state index < -0.39 is 10.0 Å². The summed E-state index contributed by atoms with van der Waals surface area (Å²) in [6, 6.07) is 17.2. The number of rotatable bonds is 5. The number of para-hydroxylation sites is 1. The lowest BCUT2D eigenvalue weighted by Crippen LogP contribution is -2.28. The first-order chi connectivity index (χ1) is 15.0. The Morgan fingerprint density at radius 3 is 2.48 bits per heavy atom. The normalized spacial score (nSPS) is 17.3. The lowest BCUT2D eigenvalue weighted by Gasteiger charge is -2.14. The van der Waals surface area contributed by atoms with Crippen LogP contribution < -0.4 is 4.74 Å². The van der Waals surface area contributed by atoms with Crippen LogP contribution in [-0.2, 0) is 10.0 Å². The minimum Gasteiger partial charge on any atom is -0.457 e. The molecule has 0 spiro atoms. The molecule has 4 aromatic rings. The number of nitrogens with zero attached hydrogens (tertiary/aromatic N) is 5. The Hall–Kier alpha value is -3.30. The molecule has 0 amide bonds. The summed E-state index contributed by atoms with van der Waals surface area (Å²) < 4.78 is 33.0. The largest absolute Gasteiger partial charge is 0.457 e. The number of sulfonamides is 1. The maximum Gasteiger partial charge on any atom is 0.211 e. The van der Waals surface area contributed by atoms with E-state index in [2.05, 4.69) is 9.97 Å². The first-order valence-corrected chi connectivity index (χ1v) is 11.8. The number of benzene rings is 2. The van der Waals surface area contributed by atoms with Gasteiger partial charge < -0.3 is 4.74 Å². The Balaban J connectivity index is 1.47. The van der Waals surface area contributed by atoms with Gasteiger partial charge in [0, 0.05) is 24.8 Å². The van der Waals surface area contributed by atoms with Gasteiger partial charge in [-0.15, -0.1) is 0 Å². The second-order valence-electron chi connectivity index (χ2n) is 7.56. The summed E-state index contributed by atoms with van der Waals surface area (Å²) in [5.41, 5.74) is 2.38. The number of fused-ring (bicyclic) bond motifs is 1. The molecule has 8 nitrogen and oxygen atoms in total. The summed E-state index contributed by atoms with van der Waals surface area (Å²) in [6.45, 7) is 0.875. The molecule has 0 unspecified atom stereocenters. The van der Waals surface area contributed by atoms with Gasteiger partial charge in [0.1, 0.15) is 23.5 Å². The van der Waals surface area contributed by atoms with Crippen LogP contribution in [0.4, 0.5) is 0 Å². The van der Waals surface area contributed by atoms with Crippen LogP contribution in [0.3, 0.4) is 0 Å². The van der Waals surface area contributed by atoms with Crippen molar-refractivity contribution < 1.29 is 13.2 Å². The lowest BCUT2D eigenvalue weighted by atomic mass is 10.1. The molecule has 1 aliphatic rings. The SMILES string of the molecule is CS(=O)(=O)N1CC[C@@H](n2nc(-c3ccc(Oc4ccccc4)cc3)c3cncnc32)C1. The molecule has 1 saturated heterocycles. The molecule has 0 saturated carbocycles. The molecule has 0 N–H and O–H groups in total. The summed E-state index contributed by atoms with van der Waals surface area (Å²) in [6.07, 6.45) is 5.17. The Bertz CT molecular complexity index is 1320. The van der Waals surface area contributed by atoms with Gasteiger partial charge in [0.2, 0.25) is 10.0 Å². The standard InChI is InChI=1S/C22H21N5O3S/c1-31(28,29)26-12-11-17(14-26)27-22-20(13-23-15-24-22)21(25-27)16-7-9-19(10-8-16)30-18-5-3-2-4-6-18/h2-10,13,15,17H,11-12,14H2,1H3/t17-/m1/s1. The molecular weight excluding hydrogens is 414 g/mol. The highest BCUT2D eigenvalue weighted by atomic mass is 32.2. The van der Waals surface area contributed by atoms with Crippen molar-refractivity contribution in [2.75, 3.05) is 19.3 Å². The number of aromatic nitrogens is 4. The molecule has 5 rings (SSSR count). The first-order valence-electron chi connectivity index (χ1n) is 9.96. The van der Waals surface area contributed by atoms with Gasteiger partial charge in [0.15, 0.2) is 5.65 Å². The zero-order valence-electron chi connectivity index (χ0n) is 16.9. The second kappa shape index (κ2) is 7.75. The average Bonchev–Trinajstić information content (AvgIpc) is 3.40. The van der Waals surface area contributed by atoms with Crippen molar-refractivity contribution in [2.45, 2.75) is 12.5 Å². The van der Waals surface area contributed by atoms with E-state index in [0.29, 0.717) is 25.2 Å². The number of hydrogen-bond acceptors (Lipinski definition) is 6. The number of ether oxygens (including phenoxy) is 1. The van der Waals surface area contributed by atoms with E-state index in [1.54, 1.807) is 6.20 Å². The maximum absolute atomic E-state index is 11.9. The summed E-state index contributed by atoms with van der Waals surface area (Å²) in [5.74, 6) is 1.50. The molecule has 2 aromatic carbocycles. The minimum atomic E-state index is -3.23. The van der Waals surface area contributed by atoms with E-state index in [-0.39, 0.29) is 6.04 Å². The van der Waals surface area contributed by atoms with E-state index >= 15 is 0 Å². The fourth-order valence-corrected chi connectivity index (χ4v) is 4.75. The van der Waals surface area contributed by atoms with Crippen LogP contribution in [0.15, 0.2) is 67.1 Å². The van der Waals surface area contributed by atoms with E-state index in [0.717, 1.165) is 28.1 Å². The molecule has 1 atom stereocenters. The van der Waals surface area contributed by atoms with Gasteiger partial charge in [-0.3, -0.25) is 0 Å². The second-order valence-corrected chi connectivity index (χ2v) is 9.54. The minimum absolute atomic E-state index is 0.0680. The molecule has 31 heavy (non-hydrogen) atoms. The van der Waals surface area contributed by atoms with Gasteiger partial charge in [-0.2, -0.15) is 9.40 Å². The van der Waals surface area contributed by atoms with Crippen LogP contribution >= 0.6 is 0 Å². The van der Waals surface area contributed by atoms with E-state index in [1.165, 1.54) is 16.9 Å². The third kappa shape index (κ3) is 3.89. The Kier molecular flexibility index (Phi) is 4.91. The summed E-state index contributed by atoms with van der Waals surface area (Å²) >= 11 is 0. The van der Waals surface area contributed by atoms with Crippen molar-refractivity contribution in [3.8, 4) is 22.8 Å². The highest BCUT2D eigenvalue weighted by Gasteiger charge is 2.32. The zero-order chi connectivity index (χ0) is 21.4. The molecule has 3 heterocycles. The van der Waals surface area contributed by atoms with E-state index in [9.17, 15) is 8.42 Å². The van der Waals surface area contributed by atoms with E-state index in [1.807, 2.05) is 59.3 Å². The van der Waals surface area contributed by atoms with Crippen molar-refractivity contribution in [2.24, 2.45) is 0 Å². The molecule has 1 fully saturated rings. The molecule has 158 valence electrons. The average molecular weight is 436 g/mol. The highest BCUT2D eigenvalue weighted by molar-refractivity contribution is 7.88. The fourth-order valence-electron chi connectivity index (χ4n) is 3.87. The first kappa shape index (κ1) is 19.7. The third-order valence-electron chi connectivity index (χ3n) is 5.42. The van der Waals surface area contributed by atoms with Gasteiger partial charge in [0.05, 0.1) is 17.7 Å². The summed E-state index contributed by atoms with van der Waals surface area (Å²) in [5, 5.41) is 5.65. The van der Waals surface area contributed by atoms with Crippen molar-refractivity contribution in [1.82, 2.24) is 24.1 Å². The molecule has 9 heteroatoms. The van der Waals surface area contributed by atoms with Crippen LogP contribution in [0, 0.1) is 0 Å². The predicted octanol–water partition coefficient (Wildman–Crippen LogP) is 3.49. The highest BCUT2D eigenvalue weighted by Crippen LogP contribution is 2.33. The Morgan fingerprint density at radius 2 is 1.77 bits per heavy atom. The monoisotopic (exact) mass is 435 g/mol. The maximum atomic E-state index is 11.9. The Labute approximate surface area is 180 Å². The zero-order valence-corrected chi connectivity index (χ0v) is 17.7. The fraction of sp³-hybridized carbons (Fsp3) is 0.227. The summed E-state index contributed by atoms with van der Waals surface area (Å²) in [7, 11) is -3.23. The van der Waals surface area contributed by atoms with Gasteiger partial charge in [-0.1, -0.05) is 18.2 Å². The van der Waals surface area contributed by atoms with Crippen LogP contribution in [0.25, 0.3) is 22.3 Å². The van der Waals surface area contributed by atoms with Crippen LogP contribution in [0.2, 0.25) is 0 Å². The number of hydrogen-bond donors (Lipinski definition) is 0. The van der Waals surface area contributed by atoms with Crippen molar-refractivity contribution in [3.63, 3.8) is 0 Å². The van der Waals surface area contributed by atoms with Gasteiger partial charge in [-0.05, 0) is 42.8 Å². The predicted molar refractivity (Wildman–Crippen MR) is 117 cm³/mol. The molecule has 2 aromatic heterocycles. The van der Waals surface area contributed by atoms with Crippen LogP contribution in [-0.4, -0.2) is 51.8 Å². The summed E-state index contributed by atoms with van der Waals surface area (Å²) in [4.78, 5) is 8.60. The van der Waals surface area contributed by atoms with Crippen molar-refractivity contribution in [1.29, 1.82) is 0 Å². The lowest BCUT2D eigenvalue weighted by molar-refractivity contribution is 0.443. The molecular formula is C22H21N5O3S. The molecule has 0 bridgehead atoms. The quantitative estimate of drug-likeness (QED) is 0.477. The topological polar surface area (TPSA) is 90.2 Å². The van der Waals surface area contributed by atoms with Gasteiger partial charge >= 0.3 is 0 Å². The third-order valence-corrected chi connectivity index (χ3v) is 6.69. The smallest absolute Gasteiger partial charge is 0.211 e. The molecule has 0 radical (unpaired) electrons. The van der Waals surface area contributed by atoms with Crippen molar-refractivity contribution >= 4 is 21.1 Å². The van der Waals surface area contributed by atoms with E-state index in [4.69, 9.17) is 9.84 Å².